The Morgan fingerprint density at radius 2 is 1.89 bits per heavy atom. The van der Waals surface area contributed by atoms with E-state index in [0.29, 0.717) is 30.0 Å². The summed E-state index contributed by atoms with van der Waals surface area (Å²) in [5.74, 6) is -0.513. The highest BCUT2D eigenvalue weighted by molar-refractivity contribution is 7.92. The molecule has 0 unspecified atom stereocenters. The first-order chi connectivity index (χ1) is 13.4. The molecule has 2 aromatic heterocycles. The van der Waals surface area contributed by atoms with Crippen LogP contribution in [0.4, 0.5) is 0 Å². The molecule has 1 aromatic carbocycles. The lowest BCUT2D eigenvalue weighted by atomic mass is 9.95. The fourth-order valence-corrected chi connectivity index (χ4v) is 7.52. The summed E-state index contributed by atoms with van der Waals surface area (Å²) >= 11 is 1.36. The van der Waals surface area contributed by atoms with Crippen LogP contribution in [0.5, 0.6) is 0 Å². The zero-order chi connectivity index (χ0) is 19.8. The van der Waals surface area contributed by atoms with Gasteiger partial charge in [0.05, 0.1) is 18.4 Å². The van der Waals surface area contributed by atoms with Crippen molar-refractivity contribution in [2.45, 2.75) is 30.4 Å². The number of carboxylic acid groups (broad SMARTS) is 1. The molecule has 1 N–H and O–H groups in total. The van der Waals surface area contributed by atoms with E-state index in [1.807, 2.05) is 30.3 Å². The maximum Gasteiger partial charge on any atom is 0.305 e. The molecular formula is C20H19NO5S2. The largest absolute Gasteiger partial charge is 0.481 e. The van der Waals surface area contributed by atoms with Gasteiger partial charge >= 0.3 is 5.97 Å². The maximum absolute atomic E-state index is 12.9. The second-order valence-electron chi connectivity index (χ2n) is 6.92. The predicted molar refractivity (Wildman–Crippen MR) is 107 cm³/mol. The van der Waals surface area contributed by atoms with Gasteiger partial charge in [-0.2, -0.15) is 0 Å². The number of hydrogen-bond acceptors (Lipinski definition) is 6. The van der Waals surface area contributed by atoms with Gasteiger partial charge < -0.3 is 9.52 Å². The molecule has 8 heteroatoms. The molecule has 146 valence electrons. The van der Waals surface area contributed by atoms with Crippen LogP contribution in [0.25, 0.3) is 21.9 Å². The highest BCUT2D eigenvalue weighted by Gasteiger charge is 2.49. The molecule has 0 amide bonds. The predicted octanol–water partition coefficient (Wildman–Crippen LogP) is 4.34. The van der Waals surface area contributed by atoms with Crippen LogP contribution < -0.4 is 0 Å². The van der Waals surface area contributed by atoms with Crippen molar-refractivity contribution in [2.75, 3.05) is 5.75 Å². The minimum atomic E-state index is -3.53. The van der Waals surface area contributed by atoms with Crippen molar-refractivity contribution >= 4 is 27.1 Å². The highest BCUT2D eigenvalue weighted by atomic mass is 32.2. The van der Waals surface area contributed by atoms with Crippen molar-refractivity contribution in [3.8, 4) is 21.9 Å². The molecule has 3 heterocycles. The number of aromatic nitrogens is 1. The molecule has 1 saturated heterocycles. The van der Waals surface area contributed by atoms with Gasteiger partial charge in [0.1, 0.15) is 11.0 Å². The Morgan fingerprint density at radius 3 is 2.54 bits per heavy atom. The van der Waals surface area contributed by atoms with Crippen LogP contribution in [-0.2, 0) is 19.4 Å². The minimum Gasteiger partial charge on any atom is -0.481 e. The molecule has 4 rings (SSSR count). The van der Waals surface area contributed by atoms with E-state index < -0.39 is 27.0 Å². The first-order valence-corrected chi connectivity index (χ1v) is 11.4. The van der Waals surface area contributed by atoms with E-state index in [4.69, 9.17) is 4.42 Å². The van der Waals surface area contributed by atoms with Crippen molar-refractivity contribution < 1.29 is 22.7 Å². The maximum atomic E-state index is 12.9. The fourth-order valence-electron chi connectivity index (χ4n) is 3.74. The van der Waals surface area contributed by atoms with Crippen LogP contribution in [0.15, 0.2) is 53.3 Å². The summed E-state index contributed by atoms with van der Waals surface area (Å²) in [4.78, 5) is 17.1. The van der Waals surface area contributed by atoms with Crippen LogP contribution >= 0.6 is 11.3 Å². The van der Waals surface area contributed by atoms with E-state index in [2.05, 4.69) is 4.98 Å². The molecule has 3 aromatic rings. The lowest BCUT2D eigenvalue weighted by Gasteiger charge is -2.34. The third-order valence-corrected chi connectivity index (χ3v) is 9.23. The summed E-state index contributed by atoms with van der Waals surface area (Å²) < 4.78 is 29.7. The Bertz CT molecular complexity index is 1080. The summed E-state index contributed by atoms with van der Waals surface area (Å²) in [6.45, 7) is 0. The van der Waals surface area contributed by atoms with Gasteiger partial charge in [-0.15, -0.1) is 11.3 Å². The minimum absolute atomic E-state index is 0.0400. The number of aliphatic carboxylic acids is 1. The molecule has 1 fully saturated rings. The molecule has 1 aliphatic rings. The normalized spacial score (nSPS) is 21.4. The quantitative estimate of drug-likeness (QED) is 0.663. The Balaban J connectivity index is 1.70. The summed E-state index contributed by atoms with van der Waals surface area (Å²) in [6.07, 6.45) is 4.36. The van der Waals surface area contributed by atoms with Crippen molar-refractivity contribution in [3.05, 3.63) is 53.7 Å². The molecule has 0 saturated carbocycles. The lowest BCUT2D eigenvalue weighted by molar-refractivity contribution is -0.137. The van der Waals surface area contributed by atoms with Gasteiger partial charge in [0.25, 0.3) is 0 Å². The number of benzene rings is 1. The summed E-state index contributed by atoms with van der Waals surface area (Å²) in [7, 11) is -3.53. The number of sulfone groups is 1. The Labute approximate surface area is 166 Å². The molecule has 1 aliphatic heterocycles. The van der Waals surface area contributed by atoms with E-state index in [0.717, 1.165) is 16.0 Å². The summed E-state index contributed by atoms with van der Waals surface area (Å²) in [6, 6.07) is 11.3. The van der Waals surface area contributed by atoms with Crippen molar-refractivity contribution in [1.29, 1.82) is 0 Å². The van der Waals surface area contributed by atoms with Gasteiger partial charge in [-0.3, -0.25) is 4.79 Å². The van der Waals surface area contributed by atoms with Crippen LogP contribution in [0.3, 0.4) is 0 Å². The van der Waals surface area contributed by atoms with Gasteiger partial charge in [0, 0.05) is 15.3 Å². The average Bonchev–Trinajstić information content (AvgIpc) is 3.35. The molecule has 1 atom stereocenters. The van der Waals surface area contributed by atoms with E-state index in [1.54, 1.807) is 12.3 Å². The zero-order valence-electron chi connectivity index (χ0n) is 15.0. The lowest BCUT2D eigenvalue weighted by Crippen LogP contribution is -2.41. The van der Waals surface area contributed by atoms with E-state index in [-0.39, 0.29) is 5.75 Å². The van der Waals surface area contributed by atoms with Crippen molar-refractivity contribution in [2.24, 2.45) is 0 Å². The monoisotopic (exact) mass is 417 g/mol. The first kappa shape index (κ1) is 18.9. The van der Waals surface area contributed by atoms with Crippen LogP contribution in [0.2, 0.25) is 0 Å². The number of nitrogens with zero attached hydrogens (tertiary/aromatic N) is 1. The van der Waals surface area contributed by atoms with Crippen molar-refractivity contribution in [1.82, 2.24) is 4.98 Å². The molecule has 0 spiro atoms. The van der Waals surface area contributed by atoms with Crippen LogP contribution in [0, 0.1) is 0 Å². The molecular weight excluding hydrogens is 398 g/mol. The molecule has 0 bridgehead atoms. The number of rotatable bonds is 5. The van der Waals surface area contributed by atoms with E-state index in [9.17, 15) is 18.3 Å². The third-order valence-electron chi connectivity index (χ3n) is 5.18. The number of thiophene rings is 1. The molecule has 0 radical (unpaired) electrons. The number of oxazole rings is 1. The second kappa shape index (κ2) is 7.18. The SMILES string of the molecule is O=C(O)C[C@]1(c2ccc(-c3ccc(-c4ncco4)cc3)s2)CCCCS1(=O)=O. The fraction of sp³-hybridized carbons (Fsp3) is 0.300. The van der Waals surface area contributed by atoms with Crippen molar-refractivity contribution in [3.63, 3.8) is 0 Å². The Hall–Kier alpha value is -2.45. The summed E-state index contributed by atoms with van der Waals surface area (Å²) in [5.41, 5.74) is 1.79. The molecule has 0 aliphatic carbocycles. The standard InChI is InChI=1S/C20H19NO5S2/c22-18(23)13-20(9-1-2-12-28(20,24)25)17-8-7-16(27-17)14-3-5-15(6-4-14)19-21-10-11-26-19/h3-8,10-11H,1-2,9,12-13H2,(H,22,23)/t20-/m0/s1. The van der Waals surface area contributed by atoms with E-state index >= 15 is 0 Å². The second-order valence-corrected chi connectivity index (χ2v) is 10.4. The Morgan fingerprint density at radius 1 is 1.14 bits per heavy atom. The molecule has 6 nitrogen and oxygen atoms in total. The number of hydrogen-bond donors (Lipinski definition) is 1. The van der Waals surface area contributed by atoms with E-state index in [1.165, 1.54) is 17.6 Å². The Kier molecular flexibility index (Phi) is 4.84. The zero-order valence-corrected chi connectivity index (χ0v) is 16.6. The van der Waals surface area contributed by atoms with Crippen LogP contribution in [-0.4, -0.2) is 30.2 Å². The van der Waals surface area contributed by atoms with Gasteiger partial charge in [-0.05, 0) is 42.7 Å². The smallest absolute Gasteiger partial charge is 0.305 e. The van der Waals surface area contributed by atoms with Gasteiger partial charge in [-0.25, -0.2) is 13.4 Å². The third kappa shape index (κ3) is 3.27. The highest BCUT2D eigenvalue weighted by Crippen LogP contribution is 2.47. The number of carbonyl (C=O) groups is 1. The summed E-state index contributed by atoms with van der Waals surface area (Å²) in [5, 5.41) is 9.39. The van der Waals surface area contributed by atoms with Gasteiger partial charge in [0.2, 0.25) is 5.89 Å². The van der Waals surface area contributed by atoms with Gasteiger partial charge in [-0.1, -0.05) is 18.6 Å². The molecule has 28 heavy (non-hydrogen) atoms. The van der Waals surface area contributed by atoms with Gasteiger partial charge in [0.15, 0.2) is 9.84 Å². The number of carboxylic acids is 1. The first-order valence-electron chi connectivity index (χ1n) is 8.96. The topological polar surface area (TPSA) is 97.5 Å². The average molecular weight is 418 g/mol. The van der Waals surface area contributed by atoms with Crippen LogP contribution in [0.1, 0.15) is 30.6 Å².